The smallest absolute Gasteiger partial charge is 0.0858 e. The van der Waals surface area contributed by atoms with Gasteiger partial charge < -0.3 is 0 Å². The molecule has 1 aliphatic rings. The van der Waals surface area contributed by atoms with Gasteiger partial charge in [0.05, 0.1) is 10.0 Å². The molecule has 2 aromatic rings. The minimum atomic E-state index is 0.436. The first-order valence-electron chi connectivity index (χ1n) is 7.61. The highest BCUT2D eigenvalue weighted by Crippen LogP contribution is 2.43. The molecule has 0 aliphatic heterocycles. The predicted molar refractivity (Wildman–Crippen MR) is 94.2 cm³/mol. The number of halogens is 2. The molecule has 21 heavy (non-hydrogen) atoms. The van der Waals surface area contributed by atoms with Gasteiger partial charge in [-0.05, 0) is 41.1 Å². The van der Waals surface area contributed by atoms with Gasteiger partial charge >= 0.3 is 0 Å². The summed E-state index contributed by atoms with van der Waals surface area (Å²) in [5.74, 6) is 1.10. The summed E-state index contributed by atoms with van der Waals surface area (Å²) in [4.78, 5) is 0. The van der Waals surface area contributed by atoms with Crippen molar-refractivity contribution in [3.63, 3.8) is 0 Å². The molecule has 0 nitrogen and oxygen atoms in total. The summed E-state index contributed by atoms with van der Waals surface area (Å²) >= 11 is 12.3. The fraction of sp³-hybridized carbons (Fsp3) is 0.333. The van der Waals surface area contributed by atoms with Crippen molar-refractivity contribution in [2.75, 3.05) is 0 Å². The molecule has 0 saturated heterocycles. The predicted octanol–water partition coefficient (Wildman–Crippen LogP) is 6.30. The zero-order chi connectivity index (χ0) is 15.0. The number of benzene rings is 2. The molecule has 0 heterocycles. The minimum absolute atomic E-state index is 0.436. The van der Waals surface area contributed by atoms with Crippen molar-refractivity contribution in [2.45, 2.75) is 38.2 Å². The number of rotatable bonds is 2. The molecule has 0 saturated carbocycles. The van der Waals surface area contributed by atoms with E-state index >= 15 is 0 Å². The zero-order valence-corrected chi connectivity index (χ0v) is 14.0. The fourth-order valence-corrected chi connectivity index (χ4v) is 3.90. The fourth-order valence-electron chi connectivity index (χ4n) is 3.59. The lowest BCUT2D eigenvalue weighted by Crippen LogP contribution is -2.24. The van der Waals surface area contributed by atoms with Crippen LogP contribution in [0.2, 0.25) is 23.7 Å². The third kappa shape index (κ3) is 2.87. The van der Waals surface area contributed by atoms with E-state index in [0.717, 1.165) is 0 Å². The molecule has 0 aromatic heterocycles. The van der Waals surface area contributed by atoms with Crippen LogP contribution in [-0.4, -0.2) is 6.71 Å². The number of fused-ring (bicyclic) bond motifs is 1. The molecule has 0 bridgehead atoms. The Morgan fingerprint density at radius 3 is 2.29 bits per heavy atom. The molecule has 108 valence electrons. The van der Waals surface area contributed by atoms with Crippen LogP contribution < -0.4 is 0 Å². The maximum atomic E-state index is 6.21. The van der Waals surface area contributed by atoms with Gasteiger partial charge in [-0.3, -0.25) is 0 Å². The Hall–Kier alpha value is -0.915. The highest BCUT2D eigenvalue weighted by atomic mass is 35.5. The quantitative estimate of drug-likeness (QED) is 0.570. The second kappa shape index (κ2) is 6.06. The number of hydrogen-bond acceptors (Lipinski definition) is 0. The standard InChI is InChI=1S/C18H19BCl2/c1-19(2)16-9-8-13(14-5-3-4-6-15(14)16)12-7-10-17(20)18(21)11-12/h3-7,10-11,13,16H,8-9H2,1-2H3. The molecule has 2 aromatic carbocycles. The topological polar surface area (TPSA) is 0 Å². The Morgan fingerprint density at radius 2 is 1.62 bits per heavy atom. The largest absolute Gasteiger partial charge is 0.141 e. The maximum absolute atomic E-state index is 6.21. The van der Waals surface area contributed by atoms with Crippen LogP contribution in [0.3, 0.4) is 0 Å². The van der Waals surface area contributed by atoms with Crippen molar-refractivity contribution < 1.29 is 0 Å². The van der Waals surface area contributed by atoms with E-state index in [9.17, 15) is 0 Å². The van der Waals surface area contributed by atoms with E-state index in [1.165, 1.54) is 29.5 Å². The van der Waals surface area contributed by atoms with Crippen molar-refractivity contribution >= 4 is 29.9 Å². The lowest BCUT2D eigenvalue weighted by molar-refractivity contribution is 0.596. The van der Waals surface area contributed by atoms with Crippen LogP contribution >= 0.6 is 23.2 Å². The van der Waals surface area contributed by atoms with Gasteiger partial charge in [0, 0.05) is 5.92 Å². The summed E-state index contributed by atoms with van der Waals surface area (Å²) in [5, 5.41) is 1.28. The average Bonchev–Trinajstić information content (AvgIpc) is 2.49. The minimum Gasteiger partial charge on any atom is -0.0858 e. The van der Waals surface area contributed by atoms with E-state index in [2.05, 4.69) is 44.0 Å². The first-order valence-corrected chi connectivity index (χ1v) is 8.37. The summed E-state index contributed by atoms with van der Waals surface area (Å²) in [7, 11) is 0. The first-order chi connectivity index (χ1) is 10.1. The highest BCUT2D eigenvalue weighted by Gasteiger charge is 2.30. The molecule has 0 spiro atoms. The van der Waals surface area contributed by atoms with Gasteiger partial charge in [-0.15, -0.1) is 0 Å². The van der Waals surface area contributed by atoms with E-state index in [-0.39, 0.29) is 0 Å². The molecule has 3 rings (SSSR count). The molecule has 1 aliphatic carbocycles. The van der Waals surface area contributed by atoms with E-state index in [4.69, 9.17) is 23.2 Å². The Kier molecular flexibility index (Phi) is 4.33. The van der Waals surface area contributed by atoms with Crippen LogP contribution in [0.15, 0.2) is 42.5 Å². The molecular formula is C18H19BCl2. The van der Waals surface area contributed by atoms with Crippen LogP contribution in [0, 0.1) is 0 Å². The Morgan fingerprint density at radius 1 is 0.905 bits per heavy atom. The van der Waals surface area contributed by atoms with Crippen molar-refractivity contribution in [3.8, 4) is 0 Å². The van der Waals surface area contributed by atoms with E-state index < -0.39 is 0 Å². The summed E-state index contributed by atoms with van der Waals surface area (Å²) in [5.41, 5.74) is 4.25. The van der Waals surface area contributed by atoms with Gasteiger partial charge in [-0.25, -0.2) is 0 Å². The van der Waals surface area contributed by atoms with Crippen molar-refractivity contribution in [3.05, 3.63) is 69.2 Å². The third-order valence-corrected chi connectivity index (χ3v) is 5.43. The van der Waals surface area contributed by atoms with Crippen molar-refractivity contribution in [1.82, 2.24) is 0 Å². The summed E-state index contributed by atoms with van der Waals surface area (Å²) in [6, 6.07) is 14.9. The SMILES string of the molecule is CB(C)C1CCC(c2ccc(Cl)c(Cl)c2)c2ccccc21. The molecule has 2 atom stereocenters. The lowest BCUT2D eigenvalue weighted by atomic mass is 9.40. The summed E-state index contributed by atoms with van der Waals surface area (Å²) in [6.45, 7) is 5.32. The zero-order valence-electron chi connectivity index (χ0n) is 12.4. The van der Waals surface area contributed by atoms with Crippen LogP contribution in [0.5, 0.6) is 0 Å². The van der Waals surface area contributed by atoms with Crippen molar-refractivity contribution in [1.29, 1.82) is 0 Å². The van der Waals surface area contributed by atoms with Gasteiger partial charge in [0.1, 0.15) is 6.71 Å². The molecular weight excluding hydrogens is 298 g/mol. The second-order valence-electron chi connectivity index (χ2n) is 6.28. The molecule has 0 fully saturated rings. The first kappa shape index (κ1) is 15.0. The van der Waals surface area contributed by atoms with E-state index in [0.29, 0.717) is 28.5 Å². The number of hydrogen-bond donors (Lipinski definition) is 0. The normalized spacial score (nSPS) is 21.0. The Bertz CT molecular complexity index is 651. The summed E-state index contributed by atoms with van der Waals surface area (Å²) in [6.07, 6.45) is 2.41. The van der Waals surface area contributed by atoms with Gasteiger partial charge in [0.25, 0.3) is 0 Å². The van der Waals surface area contributed by atoms with Crippen LogP contribution in [0.1, 0.15) is 41.3 Å². The van der Waals surface area contributed by atoms with E-state index in [1.807, 2.05) is 12.1 Å². The lowest BCUT2D eigenvalue weighted by Gasteiger charge is -2.33. The van der Waals surface area contributed by atoms with Crippen LogP contribution in [-0.2, 0) is 0 Å². The molecule has 0 amide bonds. The molecule has 2 unspecified atom stereocenters. The maximum Gasteiger partial charge on any atom is 0.141 e. The van der Waals surface area contributed by atoms with Gasteiger partial charge in [-0.2, -0.15) is 0 Å². The van der Waals surface area contributed by atoms with Gasteiger partial charge in [0.2, 0.25) is 0 Å². The Balaban J connectivity index is 2.05. The molecule has 3 heteroatoms. The highest BCUT2D eigenvalue weighted by molar-refractivity contribution is 6.57. The molecule has 0 N–H and O–H groups in total. The Labute approximate surface area is 137 Å². The van der Waals surface area contributed by atoms with E-state index in [1.54, 1.807) is 0 Å². The third-order valence-electron chi connectivity index (χ3n) is 4.69. The van der Waals surface area contributed by atoms with Gasteiger partial charge in [0.15, 0.2) is 0 Å². The van der Waals surface area contributed by atoms with Crippen LogP contribution in [0.25, 0.3) is 0 Å². The molecule has 0 radical (unpaired) electrons. The van der Waals surface area contributed by atoms with Gasteiger partial charge in [-0.1, -0.05) is 73.6 Å². The monoisotopic (exact) mass is 316 g/mol. The van der Waals surface area contributed by atoms with Crippen LogP contribution in [0.4, 0.5) is 0 Å². The average molecular weight is 317 g/mol. The second-order valence-corrected chi connectivity index (χ2v) is 7.10. The summed E-state index contributed by atoms with van der Waals surface area (Å²) < 4.78 is 0. The van der Waals surface area contributed by atoms with Crippen molar-refractivity contribution in [2.24, 2.45) is 0 Å².